The molecular weight excluding hydrogens is 348 g/mol. The van der Waals surface area contributed by atoms with Gasteiger partial charge in [-0.3, -0.25) is 9.59 Å². The highest BCUT2D eigenvalue weighted by Gasteiger charge is 2.22. The summed E-state index contributed by atoms with van der Waals surface area (Å²) in [6.45, 7) is 0. The summed E-state index contributed by atoms with van der Waals surface area (Å²) in [5.74, 6) is -0.457. The van der Waals surface area contributed by atoms with Gasteiger partial charge < -0.3 is 4.57 Å². The number of ketones is 1. The van der Waals surface area contributed by atoms with Crippen LogP contribution in [0.3, 0.4) is 0 Å². The number of alkyl halides is 1. The lowest BCUT2D eigenvalue weighted by molar-refractivity contribution is -0.119. The summed E-state index contributed by atoms with van der Waals surface area (Å²) in [6, 6.07) is 8.17. The normalized spacial score (nSPS) is 17.9. The summed E-state index contributed by atoms with van der Waals surface area (Å²) in [4.78, 5) is 28.6. The number of fused-ring (bicyclic) bond motifs is 1. The van der Waals surface area contributed by atoms with Crippen LogP contribution in [0.1, 0.15) is 18.4 Å². The van der Waals surface area contributed by atoms with Crippen LogP contribution < -0.4 is 0 Å². The molecule has 1 unspecified atom stereocenters. The van der Waals surface area contributed by atoms with Gasteiger partial charge in [0.25, 0.3) is 0 Å². The molecule has 0 aliphatic heterocycles. The van der Waals surface area contributed by atoms with Gasteiger partial charge in [0.2, 0.25) is 5.91 Å². The lowest BCUT2D eigenvalue weighted by Crippen LogP contribution is -2.23. The molecule has 0 saturated carbocycles. The molecule has 0 spiro atoms. The zero-order valence-corrected chi connectivity index (χ0v) is 15.4. The number of para-hydroxylation sites is 1. The van der Waals surface area contributed by atoms with Crippen LogP contribution in [0.2, 0.25) is 0 Å². The van der Waals surface area contributed by atoms with Gasteiger partial charge in [-0.25, -0.2) is 4.99 Å². The Balaban J connectivity index is 1.73. The quantitative estimate of drug-likeness (QED) is 0.723. The molecular formula is C21H21ClN2O2. The number of Topliss-reactive ketones (excluding diaryl/α,β-unsaturated/α-hetero) is 1. The second kappa shape index (κ2) is 8.28. The predicted molar refractivity (Wildman–Crippen MR) is 106 cm³/mol. The first kappa shape index (κ1) is 18.3. The lowest BCUT2D eigenvalue weighted by Gasteiger charge is -2.14. The highest BCUT2D eigenvalue weighted by atomic mass is 35.5. The van der Waals surface area contributed by atoms with Crippen molar-refractivity contribution in [2.75, 3.05) is 5.88 Å². The number of halogens is 1. The second-order valence-corrected chi connectivity index (χ2v) is 6.72. The molecule has 4 nitrogen and oxygen atoms in total. The molecule has 1 heterocycles. The summed E-state index contributed by atoms with van der Waals surface area (Å²) in [6.07, 6.45) is 10.5. The number of carbonyl (C=O) groups excluding carboxylic acids is 2. The fourth-order valence-corrected chi connectivity index (χ4v) is 3.39. The van der Waals surface area contributed by atoms with E-state index in [1.165, 1.54) is 5.39 Å². The van der Waals surface area contributed by atoms with Crippen molar-refractivity contribution in [2.24, 2.45) is 18.0 Å². The number of nitrogens with zero attached hydrogens (tertiary/aromatic N) is 2. The van der Waals surface area contributed by atoms with E-state index in [0.29, 0.717) is 18.6 Å². The molecule has 3 rings (SSSR count). The minimum atomic E-state index is -0.464. The van der Waals surface area contributed by atoms with Gasteiger partial charge in [0.15, 0.2) is 0 Å². The van der Waals surface area contributed by atoms with Crippen LogP contribution in [0.15, 0.2) is 59.8 Å². The van der Waals surface area contributed by atoms with Crippen LogP contribution in [0, 0.1) is 5.92 Å². The number of hydrogen-bond acceptors (Lipinski definition) is 2. The lowest BCUT2D eigenvalue weighted by atomic mass is 9.90. The minimum absolute atomic E-state index is 0.0657. The number of hydrogen-bond donors (Lipinski definition) is 0. The Morgan fingerprint density at radius 1 is 1.19 bits per heavy atom. The van der Waals surface area contributed by atoms with E-state index in [2.05, 4.69) is 27.9 Å². The number of benzene rings is 1. The van der Waals surface area contributed by atoms with Gasteiger partial charge in [-0.1, -0.05) is 36.4 Å². The second-order valence-electron chi connectivity index (χ2n) is 6.34. The van der Waals surface area contributed by atoms with Crippen LogP contribution >= 0.6 is 11.6 Å². The Labute approximate surface area is 157 Å². The smallest absolute Gasteiger partial charge is 0.247 e. The highest BCUT2D eigenvalue weighted by Crippen LogP contribution is 2.23. The van der Waals surface area contributed by atoms with E-state index < -0.39 is 5.92 Å². The van der Waals surface area contributed by atoms with E-state index in [-0.39, 0.29) is 24.0 Å². The maximum absolute atomic E-state index is 12.8. The molecule has 5 heteroatoms. The fourth-order valence-electron chi connectivity index (χ4n) is 3.23. The van der Waals surface area contributed by atoms with Crippen molar-refractivity contribution in [3.8, 4) is 0 Å². The van der Waals surface area contributed by atoms with Gasteiger partial charge >= 0.3 is 0 Å². The van der Waals surface area contributed by atoms with Crippen LogP contribution in [0.25, 0.3) is 10.9 Å². The molecule has 134 valence electrons. The molecule has 1 amide bonds. The molecule has 1 aliphatic rings. The van der Waals surface area contributed by atoms with Gasteiger partial charge in [-0.05, 0) is 24.1 Å². The number of aromatic nitrogens is 1. The number of allylic oxidation sites excluding steroid dienone is 4. The number of amides is 1. The van der Waals surface area contributed by atoms with Gasteiger partial charge in [-0.2, -0.15) is 0 Å². The van der Waals surface area contributed by atoms with E-state index in [4.69, 9.17) is 11.6 Å². The van der Waals surface area contributed by atoms with E-state index in [9.17, 15) is 9.59 Å². The standard InChI is InChI=1S/C21H21ClN2O2/c1-24-14-15(16-6-3-5-9-19(16)24)10-11-20(25)17-7-2-4-8-18(17)23-21(26)12-13-22/h2-9,14,17H,10-13H2,1H3. The molecule has 0 radical (unpaired) electrons. The first-order chi connectivity index (χ1) is 12.6. The molecule has 1 aliphatic carbocycles. The topological polar surface area (TPSA) is 51.4 Å². The third-order valence-corrected chi connectivity index (χ3v) is 4.72. The van der Waals surface area contributed by atoms with Crippen LogP contribution in [-0.2, 0) is 23.1 Å². The maximum Gasteiger partial charge on any atom is 0.247 e. The van der Waals surface area contributed by atoms with Crippen molar-refractivity contribution in [2.45, 2.75) is 19.3 Å². The summed E-state index contributed by atoms with van der Waals surface area (Å²) < 4.78 is 2.08. The zero-order chi connectivity index (χ0) is 18.5. The molecule has 0 fully saturated rings. The molecule has 1 aromatic carbocycles. The van der Waals surface area contributed by atoms with Crippen molar-refractivity contribution in [1.29, 1.82) is 0 Å². The van der Waals surface area contributed by atoms with Crippen LogP contribution in [0.5, 0.6) is 0 Å². The van der Waals surface area contributed by atoms with Gasteiger partial charge in [0.05, 0.1) is 11.6 Å². The number of rotatable bonds is 6. The summed E-state index contributed by atoms with van der Waals surface area (Å²) in [5.41, 5.74) is 2.82. The third kappa shape index (κ3) is 4.02. The van der Waals surface area contributed by atoms with Crippen molar-refractivity contribution >= 4 is 39.9 Å². The Bertz CT molecular complexity index is 921. The van der Waals surface area contributed by atoms with E-state index >= 15 is 0 Å². The van der Waals surface area contributed by atoms with Crippen molar-refractivity contribution in [3.63, 3.8) is 0 Å². The number of aryl methyl sites for hydroxylation is 2. The van der Waals surface area contributed by atoms with Crippen LogP contribution in [0.4, 0.5) is 0 Å². The Morgan fingerprint density at radius 3 is 2.81 bits per heavy atom. The zero-order valence-electron chi connectivity index (χ0n) is 14.7. The van der Waals surface area contributed by atoms with Crippen molar-refractivity contribution in [1.82, 2.24) is 4.57 Å². The Kier molecular flexibility index (Phi) is 5.84. The Morgan fingerprint density at radius 2 is 2.00 bits per heavy atom. The highest BCUT2D eigenvalue weighted by molar-refractivity contribution is 6.20. The molecule has 1 aromatic heterocycles. The fraction of sp³-hybridized carbons (Fsp3) is 0.286. The van der Waals surface area contributed by atoms with Crippen molar-refractivity contribution < 1.29 is 9.59 Å². The number of aliphatic imine (C=N–C) groups is 1. The number of carbonyl (C=O) groups is 2. The van der Waals surface area contributed by atoms with Gasteiger partial charge in [-0.15, -0.1) is 11.6 Å². The molecule has 26 heavy (non-hydrogen) atoms. The third-order valence-electron chi connectivity index (χ3n) is 4.53. The summed E-state index contributed by atoms with van der Waals surface area (Å²) >= 11 is 5.59. The van der Waals surface area contributed by atoms with Crippen LogP contribution in [-0.4, -0.2) is 27.8 Å². The van der Waals surface area contributed by atoms with Gasteiger partial charge in [0.1, 0.15) is 5.78 Å². The summed E-state index contributed by atoms with van der Waals surface area (Å²) in [5, 5.41) is 1.17. The molecule has 0 N–H and O–H groups in total. The first-order valence-electron chi connectivity index (χ1n) is 8.68. The van der Waals surface area contributed by atoms with Crippen molar-refractivity contribution in [3.05, 3.63) is 60.3 Å². The molecule has 0 bridgehead atoms. The maximum atomic E-state index is 12.8. The van der Waals surface area contributed by atoms with E-state index in [0.717, 1.165) is 11.1 Å². The van der Waals surface area contributed by atoms with E-state index in [1.54, 1.807) is 18.2 Å². The largest absolute Gasteiger partial charge is 0.350 e. The first-order valence-corrected chi connectivity index (χ1v) is 9.21. The predicted octanol–water partition coefficient (Wildman–Crippen LogP) is 4.02. The average Bonchev–Trinajstić information content (AvgIpc) is 2.97. The summed E-state index contributed by atoms with van der Waals surface area (Å²) in [7, 11) is 2.01. The minimum Gasteiger partial charge on any atom is -0.350 e. The average molecular weight is 369 g/mol. The Hall–Kier alpha value is -2.46. The van der Waals surface area contributed by atoms with E-state index in [1.807, 2.05) is 25.3 Å². The molecule has 2 aromatic rings. The monoisotopic (exact) mass is 368 g/mol. The van der Waals surface area contributed by atoms with Gasteiger partial charge in [0, 0.05) is 42.9 Å². The molecule has 1 atom stereocenters. The SMILES string of the molecule is Cn1cc(CCC(=O)C2C=CC=CC2=NC(=O)CCCl)c2ccccc21. The molecule has 0 saturated heterocycles.